The average molecular weight is 277 g/mol. The predicted octanol–water partition coefficient (Wildman–Crippen LogP) is 0.491. The molecule has 6 heteroatoms. The molecule has 1 saturated heterocycles. The van der Waals surface area contributed by atoms with Crippen molar-refractivity contribution in [2.45, 2.75) is 12.6 Å². The normalized spacial score (nSPS) is 38.3. The van der Waals surface area contributed by atoms with Crippen molar-refractivity contribution in [3.05, 3.63) is 35.9 Å². The molecular weight excluding hydrogens is 266 g/mol. The van der Waals surface area contributed by atoms with E-state index in [1.807, 2.05) is 18.2 Å². The summed E-state index contributed by atoms with van der Waals surface area (Å²) in [6, 6.07) is 14.3. The molecule has 1 aliphatic heterocycles. The summed E-state index contributed by atoms with van der Waals surface area (Å²) >= 11 is 0. The van der Waals surface area contributed by atoms with E-state index in [0.717, 1.165) is 0 Å². The van der Waals surface area contributed by atoms with Crippen LogP contribution in [0.15, 0.2) is 30.3 Å². The highest BCUT2D eigenvalue weighted by Crippen LogP contribution is 2.84. The highest BCUT2D eigenvalue weighted by Gasteiger charge is 3.00. The first-order chi connectivity index (χ1) is 9.91. The van der Waals surface area contributed by atoms with Crippen molar-refractivity contribution in [2.24, 2.45) is 22.0 Å². The van der Waals surface area contributed by atoms with E-state index in [1.54, 1.807) is 37.3 Å². The summed E-state index contributed by atoms with van der Waals surface area (Å²) in [5, 5.41) is 31.1. The lowest BCUT2D eigenvalue weighted by atomic mass is 9.79. The highest BCUT2D eigenvalue weighted by molar-refractivity contribution is 5.99. The lowest BCUT2D eigenvalue weighted by Gasteiger charge is -2.34. The minimum atomic E-state index is -1.75. The summed E-state index contributed by atoms with van der Waals surface area (Å²) in [4.78, 5) is 12.4. The van der Waals surface area contributed by atoms with Crippen LogP contribution in [0, 0.1) is 50.2 Å². The van der Waals surface area contributed by atoms with E-state index in [4.69, 9.17) is 5.73 Å². The second-order valence-corrected chi connectivity index (χ2v) is 5.59. The number of carbonyl (C=O) groups is 1. The molecular formula is C15H11N5O. The molecule has 1 aliphatic carbocycles. The van der Waals surface area contributed by atoms with Crippen LogP contribution in [0.3, 0.4) is 0 Å². The van der Waals surface area contributed by atoms with Crippen LogP contribution in [0.4, 0.5) is 0 Å². The molecule has 1 heterocycles. The summed E-state index contributed by atoms with van der Waals surface area (Å²) in [5.74, 6) is -0.665. The largest absolute Gasteiger partial charge is 0.332 e. The van der Waals surface area contributed by atoms with E-state index in [0.29, 0.717) is 5.56 Å². The Kier molecular flexibility index (Phi) is 2.13. The van der Waals surface area contributed by atoms with Gasteiger partial charge >= 0.3 is 0 Å². The zero-order chi connectivity index (χ0) is 15.5. The maximum atomic E-state index is 12.4. The molecule has 1 saturated carbocycles. The van der Waals surface area contributed by atoms with Crippen LogP contribution < -0.4 is 11.1 Å². The smallest absolute Gasteiger partial charge is 0.245 e. The summed E-state index contributed by atoms with van der Waals surface area (Å²) in [6.07, 6.45) is 0. The molecule has 6 nitrogen and oxygen atoms in total. The van der Waals surface area contributed by atoms with Crippen molar-refractivity contribution in [1.82, 2.24) is 5.32 Å². The molecule has 3 N–H and O–H groups in total. The van der Waals surface area contributed by atoms with Gasteiger partial charge in [0.15, 0.2) is 10.8 Å². The molecule has 0 bridgehead atoms. The van der Waals surface area contributed by atoms with Crippen LogP contribution >= 0.6 is 0 Å². The first-order valence-corrected chi connectivity index (χ1v) is 6.32. The Morgan fingerprint density at radius 1 is 1.10 bits per heavy atom. The van der Waals surface area contributed by atoms with Gasteiger partial charge in [0.25, 0.3) is 0 Å². The maximum Gasteiger partial charge on any atom is 0.245 e. The van der Waals surface area contributed by atoms with Gasteiger partial charge in [0, 0.05) is 0 Å². The molecule has 0 unspecified atom stereocenters. The van der Waals surface area contributed by atoms with Crippen LogP contribution in [-0.4, -0.2) is 5.91 Å². The third kappa shape index (κ3) is 0.923. The number of hydrogen-bond donors (Lipinski definition) is 2. The number of hydrogen-bond acceptors (Lipinski definition) is 5. The minimum absolute atomic E-state index is 0.561. The number of nitrogens with one attached hydrogen (secondary N) is 1. The van der Waals surface area contributed by atoms with Gasteiger partial charge in [-0.3, -0.25) is 4.79 Å². The lowest BCUT2D eigenvalue weighted by Crippen LogP contribution is -2.56. The molecule has 102 valence electrons. The van der Waals surface area contributed by atoms with E-state index < -0.39 is 27.8 Å². The zero-order valence-electron chi connectivity index (χ0n) is 11.2. The van der Waals surface area contributed by atoms with Crippen molar-refractivity contribution in [2.75, 3.05) is 0 Å². The predicted molar refractivity (Wildman–Crippen MR) is 70.3 cm³/mol. The van der Waals surface area contributed by atoms with E-state index in [9.17, 15) is 20.6 Å². The first kappa shape index (κ1) is 13.1. The SMILES string of the molecule is C[C@@]12C(C#N)(C#N)[C@]1(C#N)C(=O)N[C@]2(N)c1ccccc1. The number of fused-ring (bicyclic) bond motifs is 1. The van der Waals surface area contributed by atoms with E-state index in [1.165, 1.54) is 0 Å². The van der Waals surface area contributed by atoms with E-state index >= 15 is 0 Å². The molecule has 2 fully saturated rings. The zero-order valence-corrected chi connectivity index (χ0v) is 11.2. The summed E-state index contributed by atoms with van der Waals surface area (Å²) in [7, 11) is 0. The molecule has 2 aliphatic rings. The molecule has 0 aromatic heterocycles. The van der Waals surface area contributed by atoms with Crippen LogP contribution in [0.2, 0.25) is 0 Å². The quantitative estimate of drug-likeness (QED) is 0.772. The fourth-order valence-electron chi connectivity index (χ4n) is 3.83. The molecule has 1 aromatic carbocycles. The van der Waals surface area contributed by atoms with E-state index in [2.05, 4.69) is 5.32 Å². The third-order valence-electron chi connectivity index (χ3n) is 5.17. The fraction of sp³-hybridized carbons (Fsp3) is 0.333. The van der Waals surface area contributed by atoms with Gasteiger partial charge in [0.2, 0.25) is 5.91 Å². The van der Waals surface area contributed by atoms with Crippen molar-refractivity contribution in [3.63, 3.8) is 0 Å². The standard InChI is InChI=1S/C15H11N5O/c1-12-13(7-16,8-17)14(12,9-18)11(21)20-15(12,19)10-5-3-2-4-6-10/h2-6H,19H2,1H3,(H,20,21)/t12-,14-,15-/m1/s1. The molecule has 3 atom stereocenters. The number of benzene rings is 1. The Bertz CT molecular complexity index is 769. The number of rotatable bonds is 1. The fourth-order valence-corrected chi connectivity index (χ4v) is 3.83. The van der Waals surface area contributed by atoms with Gasteiger partial charge < -0.3 is 11.1 Å². The number of carbonyl (C=O) groups excluding carboxylic acids is 1. The Morgan fingerprint density at radius 2 is 1.67 bits per heavy atom. The van der Waals surface area contributed by atoms with Crippen molar-refractivity contribution in [1.29, 1.82) is 15.8 Å². The molecule has 0 spiro atoms. The Morgan fingerprint density at radius 3 is 2.10 bits per heavy atom. The van der Waals surface area contributed by atoms with Gasteiger partial charge in [-0.1, -0.05) is 37.3 Å². The molecule has 1 amide bonds. The number of nitriles is 3. The van der Waals surface area contributed by atoms with Crippen LogP contribution in [0.1, 0.15) is 12.5 Å². The Hall–Kier alpha value is -2.88. The van der Waals surface area contributed by atoms with Crippen molar-refractivity contribution >= 4 is 5.91 Å². The topological polar surface area (TPSA) is 126 Å². The van der Waals surface area contributed by atoms with E-state index in [-0.39, 0.29) is 0 Å². The van der Waals surface area contributed by atoms with Gasteiger partial charge in [-0.2, -0.15) is 15.8 Å². The van der Waals surface area contributed by atoms with Gasteiger partial charge in [0.05, 0.1) is 23.6 Å². The van der Waals surface area contributed by atoms with Gasteiger partial charge in [-0.15, -0.1) is 0 Å². The van der Waals surface area contributed by atoms with Crippen molar-refractivity contribution < 1.29 is 4.79 Å². The first-order valence-electron chi connectivity index (χ1n) is 6.32. The van der Waals surface area contributed by atoms with Crippen LogP contribution in [0.25, 0.3) is 0 Å². The molecule has 21 heavy (non-hydrogen) atoms. The third-order valence-corrected chi connectivity index (χ3v) is 5.17. The molecule has 3 rings (SSSR count). The highest BCUT2D eigenvalue weighted by atomic mass is 16.2. The second-order valence-electron chi connectivity index (χ2n) is 5.59. The summed E-state index contributed by atoms with van der Waals surface area (Å²) < 4.78 is 0. The lowest BCUT2D eigenvalue weighted by molar-refractivity contribution is -0.124. The second kappa shape index (κ2) is 3.41. The minimum Gasteiger partial charge on any atom is -0.332 e. The van der Waals surface area contributed by atoms with Gasteiger partial charge in [-0.25, -0.2) is 0 Å². The Labute approximate surface area is 121 Å². The molecule has 1 aromatic rings. The average Bonchev–Trinajstić information content (AvgIpc) is 2.96. The van der Waals surface area contributed by atoms with Gasteiger partial charge in [-0.05, 0) is 5.56 Å². The number of nitrogens with zero attached hydrogens (tertiary/aromatic N) is 3. The summed E-state index contributed by atoms with van der Waals surface area (Å²) in [5.41, 5.74) is 0.709. The van der Waals surface area contributed by atoms with Crippen LogP contribution in [0.5, 0.6) is 0 Å². The number of amides is 1. The number of piperidine rings is 1. The number of nitrogens with two attached hydrogens (primary N) is 1. The summed E-state index contributed by atoms with van der Waals surface area (Å²) in [6.45, 7) is 1.55. The van der Waals surface area contributed by atoms with Gasteiger partial charge in [0.1, 0.15) is 5.66 Å². The maximum absolute atomic E-state index is 12.4. The molecule has 0 radical (unpaired) electrons. The Balaban J connectivity index is 2.32. The van der Waals surface area contributed by atoms with Crippen LogP contribution in [-0.2, 0) is 10.5 Å². The van der Waals surface area contributed by atoms with Crippen molar-refractivity contribution in [3.8, 4) is 18.2 Å². The monoisotopic (exact) mass is 277 g/mol.